The number of aryl methyl sites for hydroxylation is 1. The van der Waals surface area contributed by atoms with Crippen molar-refractivity contribution >= 4 is 17.2 Å². The molecule has 1 aromatic heterocycles. The van der Waals surface area contributed by atoms with Gasteiger partial charge >= 0.3 is 0 Å². The fourth-order valence-corrected chi connectivity index (χ4v) is 4.34. The third-order valence-electron chi connectivity index (χ3n) is 4.37. The molecule has 2 heterocycles. The minimum absolute atomic E-state index is 0.113. The van der Waals surface area contributed by atoms with Gasteiger partial charge in [0.2, 0.25) is 5.91 Å². The molecule has 0 radical (unpaired) electrons. The molecular formula is C15H22N2OS. The lowest BCUT2D eigenvalue weighted by molar-refractivity contribution is -0.128. The molecule has 3 nitrogen and oxygen atoms in total. The van der Waals surface area contributed by atoms with Crippen LogP contribution in [0.5, 0.6) is 0 Å². The van der Waals surface area contributed by atoms with Crippen LogP contribution in [0, 0.1) is 18.8 Å². The maximum Gasteiger partial charge on any atom is 0.238 e. The van der Waals surface area contributed by atoms with Crippen LogP contribution < -0.4 is 5.32 Å². The molecular weight excluding hydrogens is 256 g/mol. The van der Waals surface area contributed by atoms with E-state index in [-0.39, 0.29) is 12.1 Å². The lowest BCUT2D eigenvalue weighted by Crippen LogP contribution is -2.33. The van der Waals surface area contributed by atoms with Crippen molar-refractivity contribution in [2.75, 3.05) is 13.1 Å². The van der Waals surface area contributed by atoms with Gasteiger partial charge in [0, 0.05) is 16.3 Å². The number of carbonyl (C=O) groups is 1. The first kappa shape index (κ1) is 13.1. The summed E-state index contributed by atoms with van der Waals surface area (Å²) >= 11 is 1.79. The van der Waals surface area contributed by atoms with E-state index in [0.717, 1.165) is 12.5 Å². The number of carbonyl (C=O) groups excluding carboxylic acids is 1. The highest BCUT2D eigenvalue weighted by atomic mass is 32.1. The summed E-state index contributed by atoms with van der Waals surface area (Å²) in [7, 11) is 0. The van der Waals surface area contributed by atoms with Crippen LogP contribution in [0.15, 0.2) is 12.1 Å². The van der Waals surface area contributed by atoms with Gasteiger partial charge in [-0.3, -0.25) is 10.1 Å². The average Bonchev–Trinajstić information content (AvgIpc) is 3.04. The second-order valence-electron chi connectivity index (χ2n) is 6.06. The first-order valence-corrected chi connectivity index (χ1v) is 8.04. The Morgan fingerprint density at radius 1 is 1.42 bits per heavy atom. The lowest BCUT2D eigenvalue weighted by Gasteiger charge is -2.26. The summed E-state index contributed by atoms with van der Waals surface area (Å²) in [5.74, 6) is 1.79. The quantitative estimate of drug-likeness (QED) is 0.922. The summed E-state index contributed by atoms with van der Waals surface area (Å²) in [6.45, 7) is 5.86. The maximum atomic E-state index is 12.1. The molecule has 1 aliphatic heterocycles. The van der Waals surface area contributed by atoms with E-state index in [1.807, 2.05) is 0 Å². The molecule has 3 rings (SSSR count). The highest BCUT2D eigenvalue weighted by Crippen LogP contribution is 2.34. The molecule has 3 atom stereocenters. The molecule has 104 valence electrons. The van der Waals surface area contributed by atoms with Crippen LogP contribution in [-0.2, 0) is 4.79 Å². The Hall–Kier alpha value is -0.870. The van der Waals surface area contributed by atoms with Gasteiger partial charge in [0.05, 0.1) is 6.54 Å². The molecule has 3 unspecified atom stereocenters. The van der Waals surface area contributed by atoms with Crippen molar-refractivity contribution < 1.29 is 4.79 Å². The first-order valence-electron chi connectivity index (χ1n) is 7.22. The molecule has 2 aliphatic rings. The topological polar surface area (TPSA) is 32.3 Å². The Bertz CT molecular complexity index is 470. The minimum Gasteiger partial charge on any atom is -0.321 e. The van der Waals surface area contributed by atoms with Gasteiger partial charge < -0.3 is 4.90 Å². The zero-order valence-corrected chi connectivity index (χ0v) is 12.5. The second-order valence-corrected chi connectivity index (χ2v) is 7.38. The van der Waals surface area contributed by atoms with Gasteiger partial charge in [0.15, 0.2) is 0 Å². The molecule has 0 spiro atoms. The fourth-order valence-electron chi connectivity index (χ4n) is 3.37. The molecule has 19 heavy (non-hydrogen) atoms. The van der Waals surface area contributed by atoms with Crippen molar-refractivity contribution in [3.05, 3.63) is 21.9 Å². The van der Waals surface area contributed by atoms with Gasteiger partial charge in [-0.2, -0.15) is 0 Å². The largest absolute Gasteiger partial charge is 0.321 e. The molecule has 1 saturated carbocycles. The number of nitrogens with one attached hydrogen (secondary N) is 1. The van der Waals surface area contributed by atoms with E-state index in [1.54, 1.807) is 11.3 Å². The maximum absolute atomic E-state index is 12.1. The minimum atomic E-state index is 0.113. The summed E-state index contributed by atoms with van der Waals surface area (Å²) in [4.78, 5) is 16.7. The second kappa shape index (κ2) is 5.25. The number of rotatable bonds is 3. The smallest absolute Gasteiger partial charge is 0.238 e. The van der Waals surface area contributed by atoms with E-state index in [2.05, 4.69) is 36.2 Å². The number of amides is 1. The van der Waals surface area contributed by atoms with Crippen LogP contribution >= 0.6 is 11.3 Å². The number of hydrogen-bond acceptors (Lipinski definition) is 3. The summed E-state index contributed by atoms with van der Waals surface area (Å²) in [6.07, 6.45) is 3.99. The van der Waals surface area contributed by atoms with E-state index >= 15 is 0 Å². The number of hydrogen-bond donors (Lipinski definition) is 1. The molecule has 1 amide bonds. The van der Waals surface area contributed by atoms with E-state index in [9.17, 15) is 4.79 Å². The van der Waals surface area contributed by atoms with Crippen molar-refractivity contribution in [3.8, 4) is 0 Å². The predicted molar refractivity (Wildman–Crippen MR) is 78.0 cm³/mol. The Kier molecular flexibility index (Phi) is 3.63. The molecule has 1 N–H and O–H groups in total. The van der Waals surface area contributed by atoms with Crippen molar-refractivity contribution in [1.82, 2.24) is 10.2 Å². The van der Waals surface area contributed by atoms with Crippen LogP contribution in [-0.4, -0.2) is 23.9 Å². The third-order valence-corrected chi connectivity index (χ3v) is 5.42. The van der Waals surface area contributed by atoms with E-state index in [4.69, 9.17) is 0 Å². The van der Waals surface area contributed by atoms with E-state index in [0.29, 0.717) is 12.5 Å². The van der Waals surface area contributed by atoms with Gasteiger partial charge in [0.1, 0.15) is 6.17 Å². The van der Waals surface area contributed by atoms with Crippen LogP contribution in [0.4, 0.5) is 0 Å². The van der Waals surface area contributed by atoms with Gasteiger partial charge in [-0.1, -0.05) is 13.3 Å². The molecule has 4 heteroatoms. The first-order chi connectivity index (χ1) is 9.13. The lowest BCUT2D eigenvalue weighted by atomic mass is 10.1. The van der Waals surface area contributed by atoms with Gasteiger partial charge in [-0.05, 0) is 43.7 Å². The highest BCUT2D eigenvalue weighted by molar-refractivity contribution is 7.12. The van der Waals surface area contributed by atoms with Crippen LogP contribution in [0.25, 0.3) is 0 Å². The molecule has 1 aliphatic carbocycles. The van der Waals surface area contributed by atoms with E-state index < -0.39 is 0 Å². The normalized spacial score (nSPS) is 31.4. The Morgan fingerprint density at radius 3 is 2.89 bits per heavy atom. The van der Waals surface area contributed by atoms with Crippen molar-refractivity contribution in [3.63, 3.8) is 0 Å². The van der Waals surface area contributed by atoms with Crippen LogP contribution in [0.3, 0.4) is 0 Å². The molecule has 0 aromatic carbocycles. The summed E-state index contributed by atoms with van der Waals surface area (Å²) in [5, 5.41) is 3.36. The van der Waals surface area contributed by atoms with Gasteiger partial charge in [-0.25, -0.2) is 0 Å². The zero-order chi connectivity index (χ0) is 13.4. The van der Waals surface area contributed by atoms with Crippen molar-refractivity contribution in [1.29, 1.82) is 0 Å². The average molecular weight is 278 g/mol. The Morgan fingerprint density at radius 2 is 2.26 bits per heavy atom. The van der Waals surface area contributed by atoms with Crippen molar-refractivity contribution in [2.45, 2.75) is 39.3 Å². The van der Waals surface area contributed by atoms with Crippen LogP contribution in [0.2, 0.25) is 0 Å². The van der Waals surface area contributed by atoms with E-state index in [1.165, 1.54) is 29.0 Å². The summed E-state index contributed by atoms with van der Waals surface area (Å²) < 4.78 is 0. The van der Waals surface area contributed by atoms with Gasteiger partial charge in [-0.15, -0.1) is 11.3 Å². The third kappa shape index (κ3) is 2.70. The summed E-state index contributed by atoms with van der Waals surface area (Å²) in [6, 6.07) is 4.29. The zero-order valence-electron chi connectivity index (χ0n) is 11.7. The monoisotopic (exact) mass is 278 g/mol. The molecule has 1 aromatic rings. The Labute approximate surface area is 119 Å². The van der Waals surface area contributed by atoms with Crippen LogP contribution in [0.1, 0.15) is 42.1 Å². The SMILES string of the molecule is Cc1ccc(C2NCC(=O)N2CC2CCC(C)C2)s1. The standard InChI is InChI=1S/C15H22N2OS/c1-10-3-5-12(7-10)9-17-14(18)8-16-15(17)13-6-4-11(2)19-13/h4,6,10,12,15-16H,3,5,7-9H2,1-2H3. The molecule has 2 fully saturated rings. The summed E-state index contributed by atoms with van der Waals surface area (Å²) in [5.41, 5.74) is 0. The number of nitrogens with zero attached hydrogens (tertiary/aromatic N) is 1. The fraction of sp³-hybridized carbons (Fsp3) is 0.667. The van der Waals surface area contributed by atoms with Crippen molar-refractivity contribution in [2.24, 2.45) is 11.8 Å². The Balaban J connectivity index is 1.72. The number of thiophene rings is 1. The molecule has 0 bridgehead atoms. The van der Waals surface area contributed by atoms with Gasteiger partial charge in [0.25, 0.3) is 0 Å². The highest BCUT2D eigenvalue weighted by Gasteiger charge is 2.35. The predicted octanol–water partition coefficient (Wildman–Crippen LogP) is 2.92. The molecule has 1 saturated heterocycles.